The number of aromatic nitrogens is 4. The van der Waals surface area contributed by atoms with Gasteiger partial charge in [-0.3, -0.25) is 0 Å². The summed E-state index contributed by atoms with van der Waals surface area (Å²) >= 11 is 0. The third kappa shape index (κ3) is 3.07. The van der Waals surface area contributed by atoms with Crippen LogP contribution in [0.2, 0.25) is 0 Å². The van der Waals surface area contributed by atoms with Crippen molar-refractivity contribution in [1.29, 1.82) is 5.26 Å². The molecule has 4 aromatic rings. The van der Waals surface area contributed by atoms with Crippen molar-refractivity contribution in [1.82, 2.24) is 19.8 Å². The van der Waals surface area contributed by atoms with E-state index in [2.05, 4.69) is 21.2 Å². The van der Waals surface area contributed by atoms with Crippen LogP contribution < -0.4 is 4.90 Å². The van der Waals surface area contributed by atoms with Gasteiger partial charge in [0.2, 0.25) is 0 Å². The lowest BCUT2D eigenvalue weighted by Crippen LogP contribution is -2.35. The molecular weight excluding hydrogens is 379 g/mol. The highest BCUT2D eigenvalue weighted by Crippen LogP contribution is 2.34. The molecule has 0 aliphatic carbocycles. The molecule has 2 atom stereocenters. The molecule has 0 spiro atoms. The Morgan fingerprint density at radius 2 is 1.80 bits per heavy atom. The molecule has 0 N–H and O–H groups in total. The second kappa shape index (κ2) is 7.56. The van der Waals surface area contributed by atoms with E-state index in [-0.39, 0.29) is 17.8 Å². The van der Waals surface area contributed by atoms with Crippen LogP contribution in [0.25, 0.3) is 17.0 Å². The Morgan fingerprint density at radius 3 is 2.60 bits per heavy atom. The molecule has 6 nitrogen and oxygen atoms in total. The molecule has 1 saturated heterocycles. The third-order valence-corrected chi connectivity index (χ3v) is 5.64. The Bertz CT molecular complexity index is 1230. The summed E-state index contributed by atoms with van der Waals surface area (Å²) in [5.41, 5.74) is 1.91. The van der Waals surface area contributed by atoms with Gasteiger partial charge in [-0.1, -0.05) is 42.5 Å². The van der Waals surface area contributed by atoms with Gasteiger partial charge in [-0.15, -0.1) is 15.3 Å². The molecule has 5 rings (SSSR count). The van der Waals surface area contributed by atoms with Gasteiger partial charge in [-0.05, 0) is 42.7 Å². The number of nitriles is 1. The van der Waals surface area contributed by atoms with E-state index in [1.165, 1.54) is 6.07 Å². The van der Waals surface area contributed by atoms with E-state index in [0.717, 1.165) is 30.8 Å². The zero-order chi connectivity index (χ0) is 20.5. The number of hydrogen-bond acceptors (Lipinski definition) is 5. The van der Waals surface area contributed by atoms with Crippen molar-refractivity contribution in [2.24, 2.45) is 0 Å². The summed E-state index contributed by atoms with van der Waals surface area (Å²) in [7, 11) is 0. The first kappa shape index (κ1) is 18.3. The van der Waals surface area contributed by atoms with Crippen molar-refractivity contribution in [3.05, 3.63) is 78.1 Å². The van der Waals surface area contributed by atoms with Gasteiger partial charge in [-0.2, -0.15) is 9.78 Å². The number of rotatable bonds is 4. The van der Waals surface area contributed by atoms with E-state index < -0.39 is 0 Å². The van der Waals surface area contributed by atoms with E-state index in [1.54, 1.807) is 22.7 Å². The molecule has 0 radical (unpaired) electrons. The fourth-order valence-corrected chi connectivity index (χ4v) is 4.21. The maximum atomic E-state index is 14.3. The molecule has 7 heteroatoms. The van der Waals surface area contributed by atoms with Gasteiger partial charge >= 0.3 is 0 Å². The van der Waals surface area contributed by atoms with Crippen LogP contribution in [0.4, 0.5) is 10.2 Å². The minimum Gasteiger partial charge on any atom is -0.351 e. The van der Waals surface area contributed by atoms with E-state index in [4.69, 9.17) is 5.10 Å². The Hall–Kier alpha value is -3.79. The molecule has 30 heavy (non-hydrogen) atoms. The van der Waals surface area contributed by atoms with Gasteiger partial charge in [0.05, 0.1) is 23.6 Å². The van der Waals surface area contributed by atoms with Gasteiger partial charge < -0.3 is 4.90 Å². The maximum Gasteiger partial charge on any atom is 0.188 e. The molecule has 148 valence electrons. The SMILES string of the molecule is N#CC(c1ccccc1)C1CCCN1c1ccc2nnc(-c3ccccc3F)n2n1. The molecule has 3 heterocycles. The van der Waals surface area contributed by atoms with Crippen LogP contribution in [-0.2, 0) is 0 Å². The van der Waals surface area contributed by atoms with Crippen molar-refractivity contribution in [2.75, 3.05) is 11.4 Å². The highest BCUT2D eigenvalue weighted by Gasteiger charge is 2.34. The largest absolute Gasteiger partial charge is 0.351 e. The standard InChI is InChI=1S/C23H19FN6/c24-19-10-5-4-9-17(19)23-27-26-21-12-13-22(28-30(21)23)29-14-6-11-20(29)18(15-25)16-7-2-1-3-8-16/h1-5,7-10,12-13,18,20H,6,11,14H2. The molecule has 1 fully saturated rings. The van der Waals surface area contributed by atoms with Gasteiger partial charge in [0.25, 0.3) is 0 Å². The fraction of sp³-hybridized carbons (Fsp3) is 0.217. The molecule has 0 bridgehead atoms. The predicted molar refractivity (Wildman–Crippen MR) is 111 cm³/mol. The van der Waals surface area contributed by atoms with Gasteiger partial charge in [0, 0.05) is 6.54 Å². The normalized spacial score (nSPS) is 17.2. The van der Waals surface area contributed by atoms with Crippen molar-refractivity contribution in [3.63, 3.8) is 0 Å². The molecule has 2 aromatic carbocycles. The smallest absolute Gasteiger partial charge is 0.188 e. The lowest BCUT2D eigenvalue weighted by atomic mass is 9.91. The number of anilines is 1. The Labute approximate surface area is 173 Å². The monoisotopic (exact) mass is 398 g/mol. The summed E-state index contributed by atoms with van der Waals surface area (Å²) in [6.45, 7) is 0.811. The van der Waals surface area contributed by atoms with E-state index >= 15 is 0 Å². The second-order valence-electron chi connectivity index (χ2n) is 7.39. The Balaban J connectivity index is 1.55. The van der Waals surface area contributed by atoms with Crippen LogP contribution in [0.5, 0.6) is 0 Å². The number of nitrogens with zero attached hydrogens (tertiary/aromatic N) is 6. The lowest BCUT2D eigenvalue weighted by Gasteiger charge is -2.29. The molecule has 1 aliphatic rings. The average molecular weight is 398 g/mol. The first-order valence-electron chi connectivity index (χ1n) is 9.95. The third-order valence-electron chi connectivity index (χ3n) is 5.64. The first-order valence-corrected chi connectivity index (χ1v) is 9.95. The van der Waals surface area contributed by atoms with Crippen molar-refractivity contribution in [2.45, 2.75) is 24.8 Å². The van der Waals surface area contributed by atoms with Crippen LogP contribution in [0.3, 0.4) is 0 Å². The minimum atomic E-state index is -0.369. The van der Waals surface area contributed by atoms with E-state index in [0.29, 0.717) is 17.0 Å². The van der Waals surface area contributed by atoms with E-state index in [9.17, 15) is 9.65 Å². The predicted octanol–water partition coefficient (Wildman–Crippen LogP) is 4.21. The number of benzene rings is 2. The molecule has 2 unspecified atom stereocenters. The first-order chi connectivity index (χ1) is 14.8. The second-order valence-corrected chi connectivity index (χ2v) is 7.39. The van der Waals surface area contributed by atoms with Gasteiger partial charge in [-0.25, -0.2) is 4.39 Å². The summed E-state index contributed by atoms with van der Waals surface area (Å²) in [6, 6.07) is 22.6. The summed E-state index contributed by atoms with van der Waals surface area (Å²) in [5, 5.41) is 22.9. The van der Waals surface area contributed by atoms with Crippen LogP contribution in [0, 0.1) is 17.1 Å². The minimum absolute atomic E-state index is 0.0238. The lowest BCUT2D eigenvalue weighted by molar-refractivity contribution is 0.604. The van der Waals surface area contributed by atoms with Crippen LogP contribution >= 0.6 is 0 Å². The Kier molecular flexibility index (Phi) is 4.60. The summed E-state index contributed by atoms with van der Waals surface area (Å²) in [6.07, 6.45) is 1.90. The van der Waals surface area contributed by atoms with Crippen molar-refractivity contribution >= 4 is 11.5 Å². The summed E-state index contributed by atoms with van der Waals surface area (Å²) in [4.78, 5) is 2.17. The zero-order valence-electron chi connectivity index (χ0n) is 16.2. The molecule has 0 saturated carbocycles. The van der Waals surface area contributed by atoms with Crippen LogP contribution in [0.1, 0.15) is 24.3 Å². The summed E-state index contributed by atoms with van der Waals surface area (Å²) < 4.78 is 15.9. The zero-order valence-corrected chi connectivity index (χ0v) is 16.2. The molecule has 2 aromatic heterocycles. The van der Waals surface area contributed by atoms with Gasteiger partial charge in [0.15, 0.2) is 11.5 Å². The highest BCUT2D eigenvalue weighted by atomic mass is 19.1. The molecule has 1 aliphatic heterocycles. The maximum absolute atomic E-state index is 14.3. The number of halogens is 1. The highest BCUT2D eigenvalue weighted by molar-refractivity contribution is 5.60. The summed E-state index contributed by atoms with van der Waals surface area (Å²) in [5.74, 6) is 0.476. The van der Waals surface area contributed by atoms with Crippen molar-refractivity contribution in [3.8, 4) is 17.5 Å². The van der Waals surface area contributed by atoms with Crippen LogP contribution in [-0.4, -0.2) is 32.4 Å². The number of hydrogen-bond donors (Lipinski definition) is 0. The van der Waals surface area contributed by atoms with Crippen LogP contribution in [0.15, 0.2) is 66.7 Å². The van der Waals surface area contributed by atoms with Crippen molar-refractivity contribution < 1.29 is 4.39 Å². The topological polar surface area (TPSA) is 70.1 Å². The Morgan fingerprint density at radius 1 is 1.00 bits per heavy atom. The molecule has 0 amide bonds. The fourth-order valence-electron chi connectivity index (χ4n) is 4.21. The van der Waals surface area contributed by atoms with Gasteiger partial charge in [0.1, 0.15) is 11.6 Å². The number of fused-ring (bicyclic) bond motifs is 1. The van der Waals surface area contributed by atoms with E-state index in [1.807, 2.05) is 42.5 Å². The average Bonchev–Trinajstić information content (AvgIpc) is 3.42. The quantitative estimate of drug-likeness (QED) is 0.515. The molecular formula is C23H19FN6.